The number of hydrogen-bond donors (Lipinski definition) is 2. The van der Waals surface area contributed by atoms with Gasteiger partial charge < -0.3 is 20.2 Å². The van der Waals surface area contributed by atoms with Gasteiger partial charge in [0, 0.05) is 50.4 Å². The van der Waals surface area contributed by atoms with E-state index in [2.05, 4.69) is 10.3 Å². The lowest BCUT2D eigenvalue weighted by atomic mass is 9.97. The van der Waals surface area contributed by atoms with Crippen LogP contribution in [0.3, 0.4) is 0 Å². The van der Waals surface area contributed by atoms with Gasteiger partial charge in [-0.2, -0.15) is 13.2 Å². The number of aromatic nitrogens is 2. The van der Waals surface area contributed by atoms with Crippen molar-refractivity contribution in [3.63, 3.8) is 0 Å². The van der Waals surface area contributed by atoms with E-state index in [1.54, 1.807) is 10.3 Å². The number of thiazole rings is 2. The third-order valence-electron chi connectivity index (χ3n) is 7.28. The summed E-state index contributed by atoms with van der Waals surface area (Å²) in [7, 11) is 0. The molecule has 2 aromatic heterocycles. The van der Waals surface area contributed by atoms with Crippen LogP contribution in [0.25, 0.3) is 0 Å². The average Bonchev–Trinajstić information content (AvgIpc) is 3.70. The molecule has 1 aromatic carbocycles. The van der Waals surface area contributed by atoms with Crippen molar-refractivity contribution >= 4 is 45.9 Å². The molecular weight excluding hydrogens is 567 g/mol. The van der Waals surface area contributed by atoms with E-state index in [0.29, 0.717) is 44.7 Å². The second-order valence-electron chi connectivity index (χ2n) is 9.87. The minimum absolute atomic E-state index is 0.0489. The SMILES string of the molecule is O=C(Nc1cc(C(F)(F)F)ccc1N1CCCC1)c1csc(C2CCN(C(=O)CCn3c(O)csc3=O)CC2)n1. The number of rotatable bonds is 7. The van der Waals surface area contributed by atoms with Crippen molar-refractivity contribution in [3.8, 4) is 5.88 Å². The Balaban J connectivity index is 1.20. The lowest BCUT2D eigenvalue weighted by Gasteiger charge is -2.31. The van der Waals surface area contributed by atoms with Gasteiger partial charge in [0.05, 0.1) is 27.3 Å². The fraction of sp³-hybridized carbons (Fsp3) is 0.462. The summed E-state index contributed by atoms with van der Waals surface area (Å²) in [4.78, 5) is 45.3. The van der Waals surface area contributed by atoms with E-state index in [4.69, 9.17) is 0 Å². The Morgan fingerprint density at radius 1 is 1.07 bits per heavy atom. The maximum Gasteiger partial charge on any atom is 0.416 e. The summed E-state index contributed by atoms with van der Waals surface area (Å²) >= 11 is 2.20. The molecule has 0 saturated carbocycles. The van der Waals surface area contributed by atoms with Gasteiger partial charge in [-0.3, -0.25) is 19.0 Å². The van der Waals surface area contributed by atoms with Crippen LogP contribution in [0.15, 0.2) is 33.8 Å². The van der Waals surface area contributed by atoms with Crippen LogP contribution >= 0.6 is 22.7 Å². The Labute approximate surface area is 235 Å². The molecule has 9 nitrogen and oxygen atoms in total. The molecule has 2 N–H and O–H groups in total. The third-order valence-corrected chi connectivity index (χ3v) is 9.04. The average molecular weight is 596 g/mol. The number of halogens is 3. The van der Waals surface area contributed by atoms with Gasteiger partial charge in [-0.25, -0.2) is 4.98 Å². The number of amides is 2. The van der Waals surface area contributed by atoms with E-state index in [1.807, 2.05) is 4.90 Å². The van der Waals surface area contributed by atoms with Crippen molar-refractivity contribution in [1.29, 1.82) is 0 Å². The standard InChI is InChI=1S/C26H28F3N5O4S2/c27-26(28,29)17-3-4-20(32-8-1-2-9-32)18(13-17)30-23(37)19-14-39-24(31-19)16-5-10-33(11-6-16)21(35)7-12-34-22(36)15-40-25(34)38/h3-4,13-16,36H,1-2,5-12H2,(H,30,37). The lowest BCUT2D eigenvalue weighted by molar-refractivity contribution is -0.137. The quantitative estimate of drug-likeness (QED) is 0.409. The Hall–Kier alpha value is -3.39. The van der Waals surface area contributed by atoms with Crippen LogP contribution in [0.2, 0.25) is 0 Å². The highest BCUT2D eigenvalue weighted by Crippen LogP contribution is 2.37. The normalized spacial score (nSPS) is 16.5. The molecule has 5 rings (SSSR count). The van der Waals surface area contributed by atoms with E-state index in [-0.39, 0.29) is 46.9 Å². The van der Waals surface area contributed by atoms with Gasteiger partial charge in [-0.15, -0.1) is 11.3 Å². The number of carbonyl (C=O) groups is 2. The van der Waals surface area contributed by atoms with Crippen molar-refractivity contribution in [2.75, 3.05) is 36.4 Å². The molecule has 2 fully saturated rings. The van der Waals surface area contributed by atoms with Crippen LogP contribution in [-0.2, 0) is 17.5 Å². The summed E-state index contributed by atoms with van der Waals surface area (Å²) in [6.45, 7) is 2.54. The molecule has 14 heteroatoms. The van der Waals surface area contributed by atoms with E-state index in [1.165, 1.54) is 27.4 Å². The molecule has 4 heterocycles. The molecule has 2 aliphatic heterocycles. The maximum absolute atomic E-state index is 13.4. The first kappa shape index (κ1) is 28.1. The highest BCUT2D eigenvalue weighted by Gasteiger charge is 2.32. The maximum atomic E-state index is 13.4. The fourth-order valence-corrected chi connectivity index (χ4v) is 6.70. The van der Waals surface area contributed by atoms with E-state index >= 15 is 0 Å². The predicted molar refractivity (Wildman–Crippen MR) is 146 cm³/mol. The van der Waals surface area contributed by atoms with Crippen LogP contribution < -0.4 is 15.1 Å². The predicted octanol–water partition coefficient (Wildman–Crippen LogP) is 4.74. The number of carbonyl (C=O) groups excluding carboxylic acids is 2. The molecule has 0 atom stereocenters. The van der Waals surface area contributed by atoms with Gasteiger partial charge >= 0.3 is 11.0 Å². The summed E-state index contributed by atoms with van der Waals surface area (Å²) in [6.07, 6.45) is -1.26. The lowest BCUT2D eigenvalue weighted by Crippen LogP contribution is -2.38. The first-order chi connectivity index (χ1) is 19.1. The molecule has 0 radical (unpaired) electrons. The second-order valence-corrected chi connectivity index (χ2v) is 11.6. The molecule has 0 unspecified atom stereocenters. The Bertz CT molecular complexity index is 1440. The highest BCUT2D eigenvalue weighted by atomic mass is 32.1. The van der Waals surface area contributed by atoms with Crippen LogP contribution in [0.5, 0.6) is 5.88 Å². The molecule has 40 heavy (non-hydrogen) atoms. The number of alkyl halides is 3. The number of nitrogens with one attached hydrogen (secondary N) is 1. The number of anilines is 2. The Morgan fingerprint density at radius 3 is 2.45 bits per heavy atom. The molecule has 0 spiro atoms. The van der Waals surface area contributed by atoms with E-state index in [0.717, 1.165) is 41.3 Å². The minimum atomic E-state index is -4.53. The van der Waals surface area contributed by atoms with Gasteiger partial charge in [-0.1, -0.05) is 11.3 Å². The molecule has 2 amide bonds. The number of nitrogens with zero attached hydrogens (tertiary/aromatic N) is 4. The van der Waals surface area contributed by atoms with Gasteiger partial charge in [-0.05, 0) is 43.9 Å². The summed E-state index contributed by atoms with van der Waals surface area (Å²) in [6, 6.07) is 3.42. The summed E-state index contributed by atoms with van der Waals surface area (Å²) < 4.78 is 41.3. The van der Waals surface area contributed by atoms with Crippen LogP contribution in [0.4, 0.5) is 24.5 Å². The van der Waals surface area contributed by atoms with Crippen LogP contribution in [0.1, 0.15) is 59.1 Å². The second kappa shape index (κ2) is 11.6. The molecule has 214 valence electrons. The molecule has 0 aliphatic carbocycles. The van der Waals surface area contributed by atoms with Crippen LogP contribution in [0, 0.1) is 0 Å². The zero-order chi connectivity index (χ0) is 28.4. The molecule has 2 aliphatic rings. The summed E-state index contributed by atoms with van der Waals surface area (Å²) in [5.74, 6) is -0.773. The van der Waals surface area contributed by atoms with Crippen molar-refractivity contribution in [2.24, 2.45) is 0 Å². The van der Waals surface area contributed by atoms with Crippen LogP contribution in [-0.4, -0.2) is 57.6 Å². The zero-order valence-corrected chi connectivity index (χ0v) is 23.1. The van der Waals surface area contributed by atoms with Gasteiger partial charge in [0.1, 0.15) is 5.69 Å². The highest BCUT2D eigenvalue weighted by molar-refractivity contribution is 7.10. The van der Waals surface area contributed by atoms with Crippen molar-refractivity contribution < 1.29 is 27.9 Å². The first-order valence-electron chi connectivity index (χ1n) is 13.0. The Kier molecular flexibility index (Phi) is 8.17. The van der Waals surface area contributed by atoms with E-state index in [9.17, 15) is 32.7 Å². The molecular formula is C26H28F3N5O4S2. The number of benzene rings is 1. The molecule has 0 bridgehead atoms. The summed E-state index contributed by atoms with van der Waals surface area (Å²) in [5, 5.41) is 16.1. The number of likely N-dealkylation sites (tertiary alicyclic amines) is 1. The topological polar surface area (TPSA) is 108 Å². The summed E-state index contributed by atoms with van der Waals surface area (Å²) in [5.41, 5.74) is -0.0129. The number of hydrogen-bond acceptors (Lipinski definition) is 8. The molecule has 2 saturated heterocycles. The smallest absolute Gasteiger partial charge is 0.416 e. The third kappa shape index (κ3) is 6.17. The van der Waals surface area contributed by atoms with E-state index < -0.39 is 17.6 Å². The molecule has 3 aromatic rings. The van der Waals surface area contributed by atoms with Crippen molar-refractivity contribution in [3.05, 3.63) is 54.9 Å². The largest absolute Gasteiger partial charge is 0.494 e. The first-order valence-corrected chi connectivity index (χ1v) is 14.7. The Morgan fingerprint density at radius 2 is 1.80 bits per heavy atom. The zero-order valence-electron chi connectivity index (χ0n) is 21.4. The van der Waals surface area contributed by atoms with Gasteiger partial charge in [0.15, 0.2) is 0 Å². The van der Waals surface area contributed by atoms with Gasteiger partial charge in [0.2, 0.25) is 11.8 Å². The van der Waals surface area contributed by atoms with Crippen molar-refractivity contribution in [1.82, 2.24) is 14.5 Å². The van der Waals surface area contributed by atoms with Crippen molar-refractivity contribution in [2.45, 2.75) is 50.7 Å². The monoisotopic (exact) mass is 595 g/mol. The van der Waals surface area contributed by atoms with Gasteiger partial charge in [0.25, 0.3) is 5.91 Å². The number of piperidine rings is 1. The fourth-order valence-electron chi connectivity index (χ4n) is 5.08. The number of aromatic hydroxyl groups is 1. The minimum Gasteiger partial charge on any atom is -0.494 e.